The molecule has 1 aliphatic heterocycles. The van der Waals surface area contributed by atoms with Crippen molar-refractivity contribution in [3.63, 3.8) is 0 Å². The second-order valence-electron chi connectivity index (χ2n) is 5.99. The van der Waals surface area contributed by atoms with Gasteiger partial charge in [-0.1, -0.05) is 0 Å². The minimum Gasteiger partial charge on any atom is -0.462 e. The van der Waals surface area contributed by atoms with Gasteiger partial charge in [-0.05, 0) is 57.4 Å². The van der Waals surface area contributed by atoms with E-state index in [1.807, 2.05) is 12.1 Å². The number of hydrogen-bond donors (Lipinski definition) is 1. The first-order chi connectivity index (χ1) is 10.9. The molecule has 0 aromatic heterocycles. The van der Waals surface area contributed by atoms with E-state index in [2.05, 4.69) is 9.62 Å². The lowest BCUT2D eigenvalue weighted by atomic mass is 10.1. The molecule has 0 spiro atoms. The number of rotatable bonds is 6. The van der Waals surface area contributed by atoms with Crippen LogP contribution in [0.15, 0.2) is 24.3 Å². The molecule has 6 nitrogen and oxygen atoms in total. The van der Waals surface area contributed by atoms with Gasteiger partial charge >= 0.3 is 5.97 Å². The minimum atomic E-state index is -3.76. The second-order valence-corrected chi connectivity index (χ2v) is 7.72. The number of sulfonamides is 1. The average Bonchev–Trinajstić information content (AvgIpc) is 2.47. The Morgan fingerprint density at radius 1 is 1.17 bits per heavy atom. The number of carbonyl (C=O) groups excluding carboxylic acids is 1. The quantitative estimate of drug-likeness (QED) is 0.805. The van der Waals surface area contributed by atoms with Crippen LogP contribution in [-0.4, -0.2) is 39.3 Å². The summed E-state index contributed by atoms with van der Waals surface area (Å²) in [5.41, 5.74) is 1.54. The lowest BCUT2D eigenvalue weighted by molar-refractivity contribution is -0.144. The summed E-state index contributed by atoms with van der Waals surface area (Å²) in [4.78, 5) is 13.8. The molecule has 23 heavy (non-hydrogen) atoms. The second kappa shape index (κ2) is 7.68. The molecule has 1 heterocycles. The van der Waals surface area contributed by atoms with E-state index < -0.39 is 21.7 Å². The topological polar surface area (TPSA) is 75.7 Å². The Hall–Kier alpha value is -1.76. The van der Waals surface area contributed by atoms with Crippen LogP contribution < -0.4 is 9.62 Å². The van der Waals surface area contributed by atoms with Crippen LogP contribution in [-0.2, 0) is 19.6 Å². The molecule has 0 saturated carbocycles. The molecule has 1 saturated heterocycles. The van der Waals surface area contributed by atoms with E-state index in [1.165, 1.54) is 19.3 Å². The van der Waals surface area contributed by atoms with Crippen molar-refractivity contribution in [1.29, 1.82) is 0 Å². The van der Waals surface area contributed by atoms with Crippen LogP contribution in [0, 0.1) is 0 Å². The van der Waals surface area contributed by atoms with Crippen molar-refractivity contribution in [3.05, 3.63) is 24.3 Å². The number of hydrogen-bond acceptors (Lipinski definition) is 5. The molecule has 0 unspecified atom stereocenters. The summed E-state index contributed by atoms with van der Waals surface area (Å²) in [5, 5.41) is 0. The Morgan fingerprint density at radius 2 is 1.78 bits per heavy atom. The van der Waals surface area contributed by atoms with E-state index in [4.69, 9.17) is 4.74 Å². The Bertz CT molecular complexity index is 620. The predicted octanol–water partition coefficient (Wildman–Crippen LogP) is 2.37. The standard InChI is InChI=1S/C16H24N2O4S/c1-13(2)22-16(19)12-23(20,21)17-14-6-8-15(9-7-14)18-10-4-3-5-11-18/h6-9,13,17H,3-5,10-12H2,1-2H3. The summed E-state index contributed by atoms with van der Waals surface area (Å²) in [5.74, 6) is -1.43. The first-order valence-electron chi connectivity index (χ1n) is 7.91. The fourth-order valence-electron chi connectivity index (χ4n) is 2.56. The molecule has 0 bridgehead atoms. The molecule has 1 aromatic carbocycles. The van der Waals surface area contributed by atoms with Gasteiger partial charge in [0, 0.05) is 24.5 Å². The summed E-state index contributed by atoms with van der Waals surface area (Å²) in [6, 6.07) is 7.23. The number of esters is 1. The van der Waals surface area contributed by atoms with Crippen molar-refractivity contribution >= 4 is 27.4 Å². The third-order valence-corrected chi connectivity index (χ3v) is 4.70. The Balaban J connectivity index is 1.95. The van der Waals surface area contributed by atoms with Gasteiger partial charge in [-0.2, -0.15) is 0 Å². The van der Waals surface area contributed by atoms with Crippen LogP contribution in [0.3, 0.4) is 0 Å². The van der Waals surface area contributed by atoms with Crippen LogP contribution >= 0.6 is 0 Å². The van der Waals surface area contributed by atoms with Crippen molar-refractivity contribution in [3.8, 4) is 0 Å². The highest BCUT2D eigenvalue weighted by Gasteiger charge is 2.19. The van der Waals surface area contributed by atoms with Gasteiger partial charge in [0.2, 0.25) is 10.0 Å². The van der Waals surface area contributed by atoms with Crippen molar-refractivity contribution in [2.45, 2.75) is 39.2 Å². The molecule has 0 radical (unpaired) electrons. The average molecular weight is 340 g/mol. The molecule has 128 valence electrons. The molecule has 0 amide bonds. The van der Waals surface area contributed by atoms with Gasteiger partial charge in [-0.15, -0.1) is 0 Å². The number of nitrogens with one attached hydrogen (secondary N) is 1. The molecule has 0 aliphatic carbocycles. The largest absolute Gasteiger partial charge is 0.462 e. The summed E-state index contributed by atoms with van der Waals surface area (Å²) < 4.78 is 31.2. The fourth-order valence-corrected chi connectivity index (χ4v) is 3.51. The van der Waals surface area contributed by atoms with Crippen LogP contribution in [0.25, 0.3) is 0 Å². The van der Waals surface area contributed by atoms with Crippen molar-refractivity contribution in [1.82, 2.24) is 0 Å². The lowest BCUT2D eigenvalue weighted by Crippen LogP contribution is -2.29. The first kappa shape index (κ1) is 17.6. The van der Waals surface area contributed by atoms with Gasteiger partial charge in [-0.25, -0.2) is 8.42 Å². The molecule has 0 atom stereocenters. The smallest absolute Gasteiger partial charge is 0.323 e. The third kappa shape index (κ3) is 5.74. The van der Waals surface area contributed by atoms with Crippen LogP contribution in [0.5, 0.6) is 0 Å². The number of piperidine rings is 1. The van der Waals surface area contributed by atoms with Crippen molar-refractivity contribution in [2.75, 3.05) is 28.5 Å². The maximum Gasteiger partial charge on any atom is 0.323 e. The molecule has 1 N–H and O–H groups in total. The first-order valence-corrected chi connectivity index (χ1v) is 9.56. The fraction of sp³-hybridized carbons (Fsp3) is 0.562. The van der Waals surface area contributed by atoms with Crippen molar-refractivity contribution < 1.29 is 17.9 Å². The van der Waals surface area contributed by atoms with E-state index in [-0.39, 0.29) is 6.10 Å². The highest BCUT2D eigenvalue weighted by atomic mass is 32.2. The van der Waals surface area contributed by atoms with E-state index in [1.54, 1.807) is 26.0 Å². The van der Waals surface area contributed by atoms with Crippen molar-refractivity contribution in [2.24, 2.45) is 0 Å². The van der Waals surface area contributed by atoms with Gasteiger partial charge in [0.25, 0.3) is 0 Å². The molecule has 2 rings (SSSR count). The van der Waals surface area contributed by atoms with E-state index in [9.17, 15) is 13.2 Å². The maximum atomic E-state index is 12.0. The van der Waals surface area contributed by atoms with Gasteiger partial charge in [0.1, 0.15) is 0 Å². The van der Waals surface area contributed by atoms with Crippen LogP contribution in [0.1, 0.15) is 33.1 Å². The summed E-state index contributed by atoms with van der Waals surface area (Å²) in [6.45, 7) is 5.42. The molecule has 1 fully saturated rings. The molecular weight excluding hydrogens is 316 g/mol. The Kier molecular flexibility index (Phi) is 5.87. The Morgan fingerprint density at radius 3 is 2.35 bits per heavy atom. The van der Waals surface area contributed by atoms with Crippen LogP contribution in [0.2, 0.25) is 0 Å². The van der Waals surface area contributed by atoms with Gasteiger partial charge in [-0.3, -0.25) is 9.52 Å². The molecular formula is C16H24N2O4S. The SMILES string of the molecule is CC(C)OC(=O)CS(=O)(=O)Nc1ccc(N2CCCCC2)cc1. The number of anilines is 2. The van der Waals surface area contributed by atoms with Gasteiger partial charge in [0.15, 0.2) is 5.75 Å². The van der Waals surface area contributed by atoms with E-state index >= 15 is 0 Å². The summed E-state index contributed by atoms with van der Waals surface area (Å²) >= 11 is 0. The molecule has 7 heteroatoms. The van der Waals surface area contributed by atoms with Gasteiger partial charge < -0.3 is 9.64 Å². The normalized spacial score (nSPS) is 15.5. The zero-order valence-corrected chi connectivity index (χ0v) is 14.4. The lowest BCUT2D eigenvalue weighted by Gasteiger charge is -2.28. The minimum absolute atomic E-state index is 0.332. The zero-order valence-electron chi connectivity index (χ0n) is 13.6. The number of ether oxygens (including phenoxy) is 1. The Labute approximate surface area is 137 Å². The number of carbonyl (C=O) groups is 1. The van der Waals surface area contributed by atoms with Crippen LogP contribution in [0.4, 0.5) is 11.4 Å². The maximum absolute atomic E-state index is 12.0. The third-order valence-electron chi connectivity index (χ3n) is 3.54. The highest BCUT2D eigenvalue weighted by molar-refractivity contribution is 7.93. The van der Waals surface area contributed by atoms with E-state index in [0.717, 1.165) is 18.8 Å². The number of nitrogens with zero attached hydrogens (tertiary/aromatic N) is 1. The highest BCUT2D eigenvalue weighted by Crippen LogP contribution is 2.22. The molecule has 1 aromatic rings. The van der Waals surface area contributed by atoms with Gasteiger partial charge in [0.05, 0.1) is 6.10 Å². The zero-order chi connectivity index (χ0) is 16.9. The monoisotopic (exact) mass is 340 g/mol. The van der Waals surface area contributed by atoms with E-state index in [0.29, 0.717) is 5.69 Å². The number of benzene rings is 1. The molecule has 1 aliphatic rings. The summed E-state index contributed by atoms with van der Waals surface area (Å²) in [6.07, 6.45) is 3.31. The summed E-state index contributed by atoms with van der Waals surface area (Å²) in [7, 11) is -3.76. The predicted molar refractivity (Wildman–Crippen MR) is 91.1 cm³/mol.